The predicted molar refractivity (Wildman–Crippen MR) is 53.5 cm³/mol. The summed E-state index contributed by atoms with van der Waals surface area (Å²) in [6.07, 6.45) is 1.75. The zero-order chi connectivity index (χ0) is 10.7. The first kappa shape index (κ1) is 9.83. The Hall–Kier alpha value is -1.71. The van der Waals surface area contributed by atoms with Gasteiger partial charge in [-0.05, 0) is 18.1 Å². The summed E-state index contributed by atoms with van der Waals surface area (Å²) in [5, 5.41) is 9.64. The van der Waals surface area contributed by atoms with Crippen LogP contribution in [0.2, 0.25) is 0 Å². The maximum Gasteiger partial charge on any atom is 0.165 e. The lowest BCUT2D eigenvalue weighted by Gasteiger charge is -2.19. The third kappa shape index (κ3) is 2.03. The molecule has 0 fully saturated rings. The van der Waals surface area contributed by atoms with Crippen LogP contribution in [0.4, 0.5) is 0 Å². The number of rotatable bonds is 3. The summed E-state index contributed by atoms with van der Waals surface area (Å²) in [5.74, 6) is 1.36. The highest BCUT2D eigenvalue weighted by Crippen LogP contribution is 2.36. The molecule has 4 nitrogen and oxygen atoms in total. The zero-order valence-electron chi connectivity index (χ0n) is 8.23. The standard InChI is InChI=1S/C11H12O4/c12-3-1-2-8-6-10-11(7-9(8)13)15-5-4-14-10/h3,6-7,13H,1-2,4-5H2. The third-order valence-electron chi connectivity index (χ3n) is 2.27. The van der Waals surface area contributed by atoms with Crippen molar-refractivity contribution in [1.29, 1.82) is 0 Å². The average Bonchev–Trinajstić information content (AvgIpc) is 2.26. The Morgan fingerprint density at radius 2 is 1.93 bits per heavy atom. The summed E-state index contributed by atoms with van der Waals surface area (Å²) < 4.78 is 10.7. The Labute approximate surface area is 87.4 Å². The van der Waals surface area contributed by atoms with Crippen molar-refractivity contribution in [1.82, 2.24) is 0 Å². The number of aryl methyl sites for hydroxylation is 1. The third-order valence-corrected chi connectivity index (χ3v) is 2.27. The van der Waals surface area contributed by atoms with Gasteiger partial charge >= 0.3 is 0 Å². The molecule has 1 aromatic carbocycles. The number of phenols is 1. The van der Waals surface area contributed by atoms with E-state index in [1.807, 2.05) is 0 Å². The molecule has 0 radical (unpaired) electrons. The largest absolute Gasteiger partial charge is 0.508 e. The number of fused-ring (bicyclic) bond motifs is 1. The number of benzene rings is 1. The number of carbonyl (C=O) groups excluding carboxylic acids is 1. The Bertz CT molecular complexity index is 373. The second-order valence-electron chi connectivity index (χ2n) is 3.33. The molecule has 1 N–H and O–H groups in total. The van der Waals surface area contributed by atoms with Gasteiger partial charge in [-0.1, -0.05) is 0 Å². The molecule has 80 valence electrons. The Balaban J connectivity index is 2.27. The number of carbonyl (C=O) groups is 1. The van der Waals surface area contributed by atoms with Crippen LogP contribution < -0.4 is 9.47 Å². The van der Waals surface area contributed by atoms with E-state index in [1.54, 1.807) is 6.07 Å². The predicted octanol–water partition coefficient (Wildman–Crippen LogP) is 1.29. The van der Waals surface area contributed by atoms with Crippen LogP contribution in [0, 0.1) is 0 Å². The quantitative estimate of drug-likeness (QED) is 0.760. The Morgan fingerprint density at radius 1 is 1.27 bits per heavy atom. The first-order valence-corrected chi connectivity index (χ1v) is 4.86. The van der Waals surface area contributed by atoms with Gasteiger partial charge in [0, 0.05) is 12.5 Å². The van der Waals surface area contributed by atoms with Crippen molar-refractivity contribution in [2.24, 2.45) is 0 Å². The molecule has 15 heavy (non-hydrogen) atoms. The minimum atomic E-state index is 0.154. The fourth-order valence-electron chi connectivity index (χ4n) is 1.53. The summed E-state index contributed by atoms with van der Waals surface area (Å²) in [6, 6.07) is 3.27. The maximum atomic E-state index is 10.2. The maximum absolute atomic E-state index is 10.2. The smallest absolute Gasteiger partial charge is 0.165 e. The second kappa shape index (κ2) is 4.21. The molecule has 1 heterocycles. The van der Waals surface area contributed by atoms with E-state index in [-0.39, 0.29) is 5.75 Å². The normalized spacial score (nSPS) is 13.6. The molecular weight excluding hydrogens is 196 g/mol. The molecule has 0 unspecified atom stereocenters. The number of aldehydes is 1. The van der Waals surface area contributed by atoms with E-state index in [2.05, 4.69) is 0 Å². The summed E-state index contributed by atoms with van der Waals surface area (Å²) in [7, 11) is 0. The van der Waals surface area contributed by atoms with E-state index in [0.717, 1.165) is 6.29 Å². The number of hydrogen-bond donors (Lipinski definition) is 1. The van der Waals surface area contributed by atoms with Crippen LogP contribution in [0.25, 0.3) is 0 Å². The van der Waals surface area contributed by atoms with Gasteiger partial charge in [0.15, 0.2) is 11.5 Å². The molecule has 1 aliphatic rings. The SMILES string of the molecule is O=CCCc1cc2c(cc1O)OCCO2. The van der Waals surface area contributed by atoms with Crippen LogP contribution in [-0.2, 0) is 11.2 Å². The molecule has 0 spiro atoms. The molecule has 0 aromatic heterocycles. The van der Waals surface area contributed by atoms with Crippen molar-refractivity contribution in [2.45, 2.75) is 12.8 Å². The summed E-state index contributed by atoms with van der Waals surface area (Å²) in [5.41, 5.74) is 0.714. The molecule has 0 saturated heterocycles. The van der Waals surface area contributed by atoms with Gasteiger partial charge in [-0.15, -0.1) is 0 Å². The Kier molecular flexibility index (Phi) is 2.76. The Morgan fingerprint density at radius 3 is 2.60 bits per heavy atom. The van der Waals surface area contributed by atoms with Crippen LogP contribution >= 0.6 is 0 Å². The van der Waals surface area contributed by atoms with Gasteiger partial charge in [0.1, 0.15) is 25.2 Å². The highest BCUT2D eigenvalue weighted by Gasteiger charge is 2.14. The van der Waals surface area contributed by atoms with Gasteiger partial charge in [0.05, 0.1) is 0 Å². The number of phenolic OH excluding ortho intramolecular Hbond substituents is 1. The van der Waals surface area contributed by atoms with Crippen molar-refractivity contribution in [2.75, 3.05) is 13.2 Å². The minimum absolute atomic E-state index is 0.154. The lowest BCUT2D eigenvalue weighted by atomic mass is 10.1. The summed E-state index contributed by atoms with van der Waals surface area (Å²) >= 11 is 0. The van der Waals surface area contributed by atoms with Crippen molar-refractivity contribution >= 4 is 6.29 Å². The van der Waals surface area contributed by atoms with E-state index in [0.29, 0.717) is 43.1 Å². The van der Waals surface area contributed by atoms with Gasteiger partial charge in [-0.25, -0.2) is 0 Å². The van der Waals surface area contributed by atoms with Crippen LogP contribution in [0.1, 0.15) is 12.0 Å². The molecule has 0 aliphatic carbocycles. The van der Waals surface area contributed by atoms with Gasteiger partial charge in [-0.3, -0.25) is 0 Å². The van der Waals surface area contributed by atoms with E-state index >= 15 is 0 Å². The van der Waals surface area contributed by atoms with Crippen LogP contribution in [0.15, 0.2) is 12.1 Å². The monoisotopic (exact) mass is 208 g/mol. The van der Waals surface area contributed by atoms with Crippen LogP contribution in [0.3, 0.4) is 0 Å². The lowest BCUT2D eigenvalue weighted by Crippen LogP contribution is -2.15. The molecule has 0 amide bonds. The average molecular weight is 208 g/mol. The van der Waals surface area contributed by atoms with E-state index in [9.17, 15) is 9.90 Å². The topological polar surface area (TPSA) is 55.8 Å². The van der Waals surface area contributed by atoms with Crippen molar-refractivity contribution in [3.8, 4) is 17.2 Å². The van der Waals surface area contributed by atoms with Crippen LogP contribution in [-0.4, -0.2) is 24.6 Å². The lowest BCUT2D eigenvalue weighted by molar-refractivity contribution is -0.107. The highest BCUT2D eigenvalue weighted by molar-refractivity contribution is 5.54. The van der Waals surface area contributed by atoms with E-state index < -0.39 is 0 Å². The number of aromatic hydroxyl groups is 1. The van der Waals surface area contributed by atoms with Gasteiger partial charge < -0.3 is 19.4 Å². The van der Waals surface area contributed by atoms with Gasteiger partial charge in [0.25, 0.3) is 0 Å². The second-order valence-corrected chi connectivity index (χ2v) is 3.33. The summed E-state index contributed by atoms with van der Waals surface area (Å²) in [4.78, 5) is 10.2. The molecule has 2 rings (SSSR count). The molecule has 0 saturated carbocycles. The van der Waals surface area contributed by atoms with Gasteiger partial charge in [0.2, 0.25) is 0 Å². The molecular formula is C11H12O4. The first-order valence-electron chi connectivity index (χ1n) is 4.86. The van der Waals surface area contributed by atoms with Crippen molar-refractivity contribution < 1.29 is 19.4 Å². The molecule has 0 atom stereocenters. The molecule has 4 heteroatoms. The van der Waals surface area contributed by atoms with Crippen LogP contribution in [0.5, 0.6) is 17.2 Å². The van der Waals surface area contributed by atoms with E-state index in [1.165, 1.54) is 6.07 Å². The number of hydrogen-bond acceptors (Lipinski definition) is 4. The minimum Gasteiger partial charge on any atom is -0.508 e. The zero-order valence-corrected chi connectivity index (χ0v) is 8.23. The molecule has 1 aliphatic heterocycles. The van der Waals surface area contributed by atoms with E-state index in [4.69, 9.17) is 9.47 Å². The number of ether oxygens (including phenoxy) is 2. The molecule has 0 bridgehead atoms. The first-order chi connectivity index (χ1) is 7.31. The molecule has 1 aromatic rings. The highest BCUT2D eigenvalue weighted by atomic mass is 16.6. The fraction of sp³-hybridized carbons (Fsp3) is 0.364. The van der Waals surface area contributed by atoms with Crippen molar-refractivity contribution in [3.63, 3.8) is 0 Å². The van der Waals surface area contributed by atoms with Crippen molar-refractivity contribution in [3.05, 3.63) is 17.7 Å². The van der Waals surface area contributed by atoms with Gasteiger partial charge in [-0.2, -0.15) is 0 Å². The fourth-order valence-corrected chi connectivity index (χ4v) is 1.53. The summed E-state index contributed by atoms with van der Waals surface area (Å²) in [6.45, 7) is 1.02.